The first-order chi connectivity index (χ1) is 9.55. The van der Waals surface area contributed by atoms with Crippen LogP contribution in [0.1, 0.15) is 25.7 Å². The van der Waals surface area contributed by atoms with Crippen molar-refractivity contribution in [1.82, 2.24) is 5.32 Å². The molecule has 2 rings (SSSR count). The van der Waals surface area contributed by atoms with Gasteiger partial charge < -0.3 is 19.9 Å². The van der Waals surface area contributed by atoms with Crippen LogP contribution < -0.4 is 5.32 Å². The molecule has 0 aromatic heterocycles. The summed E-state index contributed by atoms with van der Waals surface area (Å²) in [5, 5.41) is 13.0. The predicted molar refractivity (Wildman–Crippen MR) is 75.5 cm³/mol. The topological polar surface area (TPSA) is 84.9 Å². The van der Waals surface area contributed by atoms with E-state index < -0.39 is 15.9 Å². The average Bonchev–Trinajstić information content (AvgIpc) is 2.91. The van der Waals surface area contributed by atoms with Crippen LogP contribution in [0.25, 0.3) is 0 Å². The van der Waals surface area contributed by atoms with E-state index in [2.05, 4.69) is 5.32 Å². The number of rotatable bonds is 7. The highest BCUT2D eigenvalue weighted by molar-refractivity contribution is 7.91. The Morgan fingerprint density at radius 3 is 2.70 bits per heavy atom. The van der Waals surface area contributed by atoms with Gasteiger partial charge >= 0.3 is 0 Å². The summed E-state index contributed by atoms with van der Waals surface area (Å²) >= 11 is 0. The minimum atomic E-state index is -2.82. The molecule has 2 unspecified atom stereocenters. The molecule has 2 saturated heterocycles. The molecular formula is C13H25NO5S. The van der Waals surface area contributed by atoms with E-state index in [0.29, 0.717) is 26.0 Å². The molecule has 2 N–H and O–H groups in total. The quantitative estimate of drug-likeness (QED) is 0.672. The predicted octanol–water partition coefficient (Wildman–Crippen LogP) is -0.290. The van der Waals surface area contributed by atoms with E-state index >= 15 is 0 Å². The molecule has 0 amide bonds. The van der Waals surface area contributed by atoms with Crippen LogP contribution in [0.4, 0.5) is 0 Å². The zero-order valence-electron chi connectivity index (χ0n) is 11.8. The number of sulfone groups is 1. The second kappa shape index (κ2) is 7.70. The van der Waals surface area contributed by atoms with Gasteiger partial charge in [-0.1, -0.05) is 0 Å². The first-order valence-corrected chi connectivity index (χ1v) is 9.18. The summed E-state index contributed by atoms with van der Waals surface area (Å²) in [5.74, 6) is 0.493. The third kappa shape index (κ3) is 5.65. The van der Waals surface area contributed by atoms with Gasteiger partial charge in [0.05, 0.1) is 36.9 Å². The van der Waals surface area contributed by atoms with E-state index in [1.165, 1.54) is 0 Å². The van der Waals surface area contributed by atoms with Gasteiger partial charge in [0.1, 0.15) is 9.84 Å². The monoisotopic (exact) mass is 307 g/mol. The third-order valence-corrected chi connectivity index (χ3v) is 5.55. The minimum Gasteiger partial charge on any atom is -0.389 e. The van der Waals surface area contributed by atoms with Gasteiger partial charge in [0.2, 0.25) is 0 Å². The second-order valence-electron chi connectivity index (χ2n) is 5.66. The number of aliphatic hydroxyl groups is 1. The van der Waals surface area contributed by atoms with Gasteiger partial charge in [-0.2, -0.15) is 0 Å². The molecule has 2 aliphatic heterocycles. The van der Waals surface area contributed by atoms with Crippen molar-refractivity contribution >= 4 is 9.84 Å². The van der Waals surface area contributed by atoms with Crippen LogP contribution in [-0.2, 0) is 19.3 Å². The Labute approximate surface area is 120 Å². The van der Waals surface area contributed by atoms with E-state index in [1.54, 1.807) is 0 Å². The molecule has 20 heavy (non-hydrogen) atoms. The summed E-state index contributed by atoms with van der Waals surface area (Å²) in [4.78, 5) is 0. The molecule has 2 aliphatic rings. The molecular weight excluding hydrogens is 282 g/mol. The first kappa shape index (κ1) is 16.2. The Bertz CT molecular complexity index is 366. The smallest absolute Gasteiger partial charge is 0.150 e. The molecule has 0 spiro atoms. The lowest BCUT2D eigenvalue weighted by molar-refractivity contribution is -0.0170. The van der Waals surface area contributed by atoms with Crippen LogP contribution >= 0.6 is 0 Å². The fraction of sp³-hybridized carbons (Fsp3) is 1.00. The fourth-order valence-corrected chi connectivity index (χ4v) is 4.06. The Morgan fingerprint density at radius 2 is 2.05 bits per heavy atom. The molecule has 2 atom stereocenters. The number of hydrogen-bond donors (Lipinski definition) is 2. The molecule has 2 fully saturated rings. The largest absolute Gasteiger partial charge is 0.389 e. The van der Waals surface area contributed by atoms with Crippen LogP contribution in [0.5, 0.6) is 0 Å². The number of aliphatic hydroxyl groups excluding tert-OH is 1. The van der Waals surface area contributed by atoms with E-state index in [1.807, 2.05) is 0 Å². The van der Waals surface area contributed by atoms with Crippen LogP contribution in [-0.4, -0.2) is 69.6 Å². The van der Waals surface area contributed by atoms with Gasteiger partial charge in [-0.15, -0.1) is 0 Å². The second-order valence-corrected chi connectivity index (χ2v) is 7.96. The molecule has 0 aromatic carbocycles. The van der Waals surface area contributed by atoms with Crippen LogP contribution in [0.15, 0.2) is 0 Å². The summed E-state index contributed by atoms with van der Waals surface area (Å²) in [6.45, 7) is 2.08. The Hall–Kier alpha value is -0.210. The van der Waals surface area contributed by atoms with Gasteiger partial charge in [-0.25, -0.2) is 8.42 Å². The molecule has 0 saturated carbocycles. The number of ether oxygens (including phenoxy) is 2. The van der Waals surface area contributed by atoms with E-state index in [9.17, 15) is 13.5 Å². The van der Waals surface area contributed by atoms with E-state index in [0.717, 1.165) is 19.4 Å². The zero-order valence-corrected chi connectivity index (χ0v) is 12.6. The summed E-state index contributed by atoms with van der Waals surface area (Å²) in [6, 6.07) is 0.186. The van der Waals surface area contributed by atoms with Crippen molar-refractivity contribution in [3.05, 3.63) is 0 Å². The molecule has 0 radical (unpaired) electrons. The van der Waals surface area contributed by atoms with Crippen molar-refractivity contribution in [2.45, 2.75) is 43.9 Å². The number of hydrogen-bond acceptors (Lipinski definition) is 6. The minimum absolute atomic E-state index is 0.179. The van der Waals surface area contributed by atoms with E-state index in [4.69, 9.17) is 9.47 Å². The summed E-state index contributed by atoms with van der Waals surface area (Å²) in [6.07, 6.45) is 3.00. The van der Waals surface area contributed by atoms with Crippen molar-refractivity contribution in [1.29, 1.82) is 0 Å². The van der Waals surface area contributed by atoms with Gasteiger partial charge in [-0.05, 0) is 25.7 Å². The van der Waals surface area contributed by atoms with Gasteiger partial charge in [0, 0.05) is 19.2 Å². The van der Waals surface area contributed by atoms with Gasteiger partial charge in [0.15, 0.2) is 0 Å². The highest BCUT2D eigenvalue weighted by atomic mass is 32.2. The molecule has 6 nitrogen and oxygen atoms in total. The maximum atomic E-state index is 11.3. The average molecular weight is 307 g/mol. The Morgan fingerprint density at radius 1 is 1.30 bits per heavy atom. The lowest BCUT2D eigenvalue weighted by Crippen LogP contribution is -2.42. The van der Waals surface area contributed by atoms with Crippen LogP contribution in [0, 0.1) is 0 Å². The summed E-state index contributed by atoms with van der Waals surface area (Å²) in [7, 11) is -2.82. The van der Waals surface area contributed by atoms with Crippen molar-refractivity contribution < 1.29 is 23.0 Å². The van der Waals surface area contributed by atoms with Crippen LogP contribution in [0.2, 0.25) is 0 Å². The zero-order chi connectivity index (χ0) is 14.4. The molecule has 2 heterocycles. The number of nitrogens with one attached hydrogen (secondary N) is 1. The van der Waals surface area contributed by atoms with Gasteiger partial charge in [0.25, 0.3) is 0 Å². The standard InChI is InChI=1S/C13H25NO5S/c15-12(9-18-10-13-2-1-5-19-13)8-14-11-3-6-20(16,17)7-4-11/h11-15H,1-10H2. The third-order valence-electron chi connectivity index (χ3n) is 3.83. The van der Waals surface area contributed by atoms with Gasteiger partial charge in [-0.3, -0.25) is 0 Å². The Balaban J connectivity index is 1.52. The summed E-state index contributed by atoms with van der Waals surface area (Å²) in [5.41, 5.74) is 0. The van der Waals surface area contributed by atoms with Crippen molar-refractivity contribution in [2.24, 2.45) is 0 Å². The first-order valence-electron chi connectivity index (χ1n) is 7.36. The molecule has 7 heteroatoms. The van der Waals surface area contributed by atoms with Crippen molar-refractivity contribution in [2.75, 3.05) is 37.9 Å². The lowest BCUT2D eigenvalue weighted by Gasteiger charge is -2.24. The highest BCUT2D eigenvalue weighted by Crippen LogP contribution is 2.13. The molecule has 0 aliphatic carbocycles. The molecule has 118 valence electrons. The normalized spacial score (nSPS) is 28.6. The molecule has 0 bridgehead atoms. The maximum absolute atomic E-state index is 11.3. The Kier molecular flexibility index (Phi) is 6.22. The van der Waals surface area contributed by atoms with E-state index in [-0.39, 0.29) is 30.3 Å². The lowest BCUT2D eigenvalue weighted by atomic mass is 10.1. The highest BCUT2D eigenvalue weighted by Gasteiger charge is 2.23. The maximum Gasteiger partial charge on any atom is 0.150 e. The van der Waals surface area contributed by atoms with Crippen molar-refractivity contribution in [3.63, 3.8) is 0 Å². The van der Waals surface area contributed by atoms with Crippen molar-refractivity contribution in [3.8, 4) is 0 Å². The fourth-order valence-electron chi connectivity index (χ4n) is 2.57. The molecule has 0 aromatic rings. The van der Waals surface area contributed by atoms with Crippen LogP contribution in [0.3, 0.4) is 0 Å². The SMILES string of the molecule is O=S1(=O)CCC(NCC(O)COCC2CCCO2)CC1. The summed E-state index contributed by atoms with van der Waals surface area (Å²) < 4.78 is 33.5.